The van der Waals surface area contributed by atoms with Gasteiger partial charge >= 0.3 is 0 Å². The molecule has 5 rings (SSSR count). The highest BCUT2D eigenvalue weighted by molar-refractivity contribution is 6.09. The predicted octanol–water partition coefficient (Wildman–Crippen LogP) is 7.47. The highest BCUT2D eigenvalue weighted by Gasteiger charge is 2.12. The summed E-state index contributed by atoms with van der Waals surface area (Å²) in [5, 5.41) is 8.60. The topological polar surface area (TPSA) is 78.4 Å². The van der Waals surface area contributed by atoms with Crippen molar-refractivity contribution < 1.29 is 0 Å². The second kappa shape index (κ2) is 11.9. The highest BCUT2D eigenvalue weighted by Crippen LogP contribution is 2.30. The van der Waals surface area contributed by atoms with Crippen LogP contribution in [-0.2, 0) is 0 Å². The molecule has 0 saturated carbocycles. The third-order valence-corrected chi connectivity index (χ3v) is 6.53. The molecule has 2 heterocycles. The van der Waals surface area contributed by atoms with Crippen molar-refractivity contribution >= 4 is 34.7 Å². The monoisotopic (exact) mass is 519 g/mol. The van der Waals surface area contributed by atoms with E-state index in [0.717, 1.165) is 39.0 Å². The number of anilines is 1. The molecular weight excluding hydrogens is 490 g/mol. The molecule has 0 fully saturated rings. The van der Waals surface area contributed by atoms with E-state index in [1.807, 2.05) is 108 Å². The summed E-state index contributed by atoms with van der Waals surface area (Å²) in [7, 11) is 0. The van der Waals surface area contributed by atoms with Gasteiger partial charge in [-0.1, -0.05) is 98.1 Å². The summed E-state index contributed by atoms with van der Waals surface area (Å²) in [6.45, 7) is 8.67. The van der Waals surface area contributed by atoms with Crippen LogP contribution < -0.4 is 10.6 Å². The van der Waals surface area contributed by atoms with Crippen molar-refractivity contribution in [1.29, 1.82) is 5.41 Å². The van der Waals surface area contributed by atoms with Crippen molar-refractivity contribution in [2.45, 2.75) is 0 Å². The second-order valence-electron chi connectivity index (χ2n) is 9.21. The van der Waals surface area contributed by atoms with Gasteiger partial charge in [0.25, 0.3) is 0 Å². The van der Waals surface area contributed by atoms with Gasteiger partial charge in [0.05, 0.1) is 0 Å². The minimum Gasteiger partial charge on any atom is -0.383 e. The first-order valence-electron chi connectivity index (χ1n) is 12.8. The Morgan fingerprint density at radius 2 is 1.48 bits per heavy atom. The number of hydrogen-bond donors (Lipinski definition) is 2. The van der Waals surface area contributed by atoms with Crippen LogP contribution in [0.5, 0.6) is 0 Å². The number of rotatable bonds is 4. The third kappa shape index (κ3) is 5.95. The Labute approximate surface area is 234 Å². The first kappa shape index (κ1) is 26.1. The molecule has 0 spiro atoms. The largest absolute Gasteiger partial charge is 0.383 e. The number of fused-ring (bicyclic) bond motifs is 1. The first-order chi connectivity index (χ1) is 19.5. The number of pyridine rings is 1. The SMILES string of the molecule is C=C1/C=C(c2ccccc2)\C=C/N(c2cc(C(=N)N=C(N)c3ccccc3)ccn2)/C=C\c2ccccc2C1=C. The van der Waals surface area contributed by atoms with Crippen LogP contribution in [0, 0.1) is 5.41 Å². The van der Waals surface area contributed by atoms with Gasteiger partial charge in [-0.05, 0) is 63.8 Å². The Hall–Kier alpha value is -5.55. The van der Waals surface area contributed by atoms with Gasteiger partial charge < -0.3 is 10.6 Å². The number of benzene rings is 3. The Morgan fingerprint density at radius 1 is 0.800 bits per heavy atom. The molecule has 1 aliphatic rings. The van der Waals surface area contributed by atoms with E-state index in [1.165, 1.54) is 0 Å². The number of allylic oxidation sites excluding steroid dienone is 5. The number of nitrogens with two attached hydrogens (primary N) is 1. The van der Waals surface area contributed by atoms with E-state index in [-0.39, 0.29) is 11.7 Å². The molecule has 1 aliphatic heterocycles. The fourth-order valence-electron chi connectivity index (χ4n) is 4.31. The number of aliphatic imine (C=N–C) groups is 1. The normalized spacial score (nSPS) is 16.8. The summed E-state index contributed by atoms with van der Waals surface area (Å²) < 4.78 is 0. The van der Waals surface area contributed by atoms with Crippen LogP contribution in [0.3, 0.4) is 0 Å². The maximum absolute atomic E-state index is 8.60. The molecule has 0 aliphatic carbocycles. The van der Waals surface area contributed by atoms with Crippen LogP contribution in [0.25, 0.3) is 17.2 Å². The molecule has 4 aromatic rings. The van der Waals surface area contributed by atoms with E-state index in [9.17, 15) is 0 Å². The van der Waals surface area contributed by atoms with Crippen LogP contribution >= 0.6 is 0 Å². The fourth-order valence-corrected chi connectivity index (χ4v) is 4.31. The molecule has 0 bridgehead atoms. The van der Waals surface area contributed by atoms with Crippen molar-refractivity contribution in [2.24, 2.45) is 10.7 Å². The minimum absolute atomic E-state index is 0.0543. The van der Waals surface area contributed by atoms with Crippen molar-refractivity contribution in [1.82, 2.24) is 4.98 Å². The number of hydrogen-bond acceptors (Lipinski definition) is 3. The Balaban J connectivity index is 1.56. The van der Waals surface area contributed by atoms with Crippen LogP contribution in [-0.4, -0.2) is 16.7 Å². The zero-order valence-corrected chi connectivity index (χ0v) is 22.0. The van der Waals surface area contributed by atoms with Gasteiger partial charge in [0.15, 0.2) is 5.84 Å². The molecule has 40 heavy (non-hydrogen) atoms. The first-order valence-corrected chi connectivity index (χ1v) is 12.8. The lowest BCUT2D eigenvalue weighted by Gasteiger charge is -2.16. The van der Waals surface area contributed by atoms with Gasteiger partial charge in [-0.2, -0.15) is 0 Å². The van der Waals surface area contributed by atoms with Gasteiger partial charge in [0.2, 0.25) is 0 Å². The van der Waals surface area contributed by atoms with Gasteiger partial charge in [-0.15, -0.1) is 0 Å². The summed E-state index contributed by atoms with van der Waals surface area (Å²) >= 11 is 0. The lowest BCUT2D eigenvalue weighted by molar-refractivity contribution is 1.17. The number of nitrogens with zero attached hydrogens (tertiary/aromatic N) is 3. The maximum Gasteiger partial charge on any atom is 0.154 e. The van der Waals surface area contributed by atoms with Crippen molar-refractivity contribution in [3.05, 3.63) is 174 Å². The Morgan fingerprint density at radius 3 is 2.25 bits per heavy atom. The van der Waals surface area contributed by atoms with Crippen LogP contribution in [0.1, 0.15) is 27.8 Å². The van der Waals surface area contributed by atoms with E-state index in [1.54, 1.807) is 12.3 Å². The van der Waals surface area contributed by atoms with Crippen LogP contribution in [0.15, 0.2) is 152 Å². The number of aromatic nitrogens is 1. The van der Waals surface area contributed by atoms with Gasteiger partial charge in [0.1, 0.15) is 11.7 Å². The smallest absolute Gasteiger partial charge is 0.154 e. The second-order valence-corrected chi connectivity index (χ2v) is 9.21. The quantitative estimate of drug-likeness (QED) is 0.217. The zero-order chi connectivity index (χ0) is 27.9. The number of nitrogens with one attached hydrogen (secondary N) is 1. The summed E-state index contributed by atoms with van der Waals surface area (Å²) in [5.41, 5.74) is 13.3. The molecule has 3 aromatic carbocycles. The van der Waals surface area contributed by atoms with E-state index in [4.69, 9.17) is 11.1 Å². The van der Waals surface area contributed by atoms with E-state index in [2.05, 4.69) is 41.3 Å². The maximum atomic E-state index is 8.60. The molecule has 5 heteroatoms. The molecule has 194 valence electrons. The van der Waals surface area contributed by atoms with E-state index in [0.29, 0.717) is 11.4 Å². The summed E-state index contributed by atoms with van der Waals surface area (Å²) in [4.78, 5) is 10.9. The van der Waals surface area contributed by atoms with E-state index < -0.39 is 0 Å². The summed E-state index contributed by atoms with van der Waals surface area (Å²) in [6.07, 6.45) is 11.7. The molecule has 0 atom stereocenters. The molecular formula is C35H29N5. The average molecular weight is 520 g/mol. The van der Waals surface area contributed by atoms with Crippen molar-refractivity contribution in [3.63, 3.8) is 0 Å². The third-order valence-electron chi connectivity index (χ3n) is 6.53. The predicted molar refractivity (Wildman–Crippen MR) is 168 cm³/mol. The molecule has 0 saturated heterocycles. The zero-order valence-electron chi connectivity index (χ0n) is 22.0. The molecule has 0 amide bonds. The van der Waals surface area contributed by atoms with Gasteiger partial charge in [-0.25, -0.2) is 9.98 Å². The summed E-state index contributed by atoms with van der Waals surface area (Å²) in [5.74, 6) is 0.970. The van der Waals surface area contributed by atoms with Crippen molar-refractivity contribution in [2.75, 3.05) is 4.90 Å². The van der Waals surface area contributed by atoms with Gasteiger partial charge in [0, 0.05) is 29.7 Å². The van der Waals surface area contributed by atoms with Crippen LogP contribution in [0.4, 0.5) is 5.82 Å². The molecule has 0 unspecified atom stereocenters. The number of amidine groups is 2. The van der Waals surface area contributed by atoms with Gasteiger partial charge in [-0.3, -0.25) is 5.41 Å². The molecule has 5 nitrogen and oxygen atoms in total. The Bertz CT molecular complexity index is 1690. The Kier molecular flexibility index (Phi) is 7.74. The standard InChI is InChI=1S/C35H29N5/c1-25-23-30(27-11-5-3-6-12-27)19-22-40(21-18-28-13-9-10-16-32(28)26(25)2)33-24-31(17-20-38-33)35(37)39-34(36)29-14-7-4-8-15-29/h3-24H,1-2H2,(H3,36,37,39)/b21-18-,22-19-,30-23+. The molecule has 0 radical (unpaired) electrons. The lowest BCUT2D eigenvalue weighted by atomic mass is 9.93. The van der Waals surface area contributed by atoms with Crippen molar-refractivity contribution in [3.8, 4) is 0 Å². The minimum atomic E-state index is 0.0543. The van der Waals surface area contributed by atoms with Crippen LogP contribution in [0.2, 0.25) is 0 Å². The fraction of sp³-hybridized carbons (Fsp3) is 0. The van der Waals surface area contributed by atoms with E-state index >= 15 is 0 Å². The molecule has 3 N–H and O–H groups in total. The molecule has 1 aromatic heterocycles. The average Bonchev–Trinajstić information content (AvgIpc) is 3.02. The highest BCUT2D eigenvalue weighted by atomic mass is 15.2. The summed E-state index contributed by atoms with van der Waals surface area (Å²) in [6, 6.07) is 31.3. The lowest BCUT2D eigenvalue weighted by Crippen LogP contribution is -2.16.